The van der Waals surface area contributed by atoms with Gasteiger partial charge in [0.05, 0.1) is 0 Å². The molecule has 0 aliphatic carbocycles. The fourth-order valence-electron chi connectivity index (χ4n) is 1.51. The molecule has 0 heterocycles. The van der Waals surface area contributed by atoms with Crippen LogP contribution in [0.15, 0.2) is 0 Å². The van der Waals surface area contributed by atoms with Crippen molar-refractivity contribution in [3.05, 3.63) is 0 Å². The molecule has 6 heteroatoms. The Morgan fingerprint density at radius 2 is 1.71 bits per heavy atom. The number of carbonyl (C=O) groups is 1. The Bertz CT molecular complexity index is 201. The van der Waals surface area contributed by atoms with Gasteiger partial charge in [0.25, 0.3) is 0 Å². The van der Waals surface area contributed by atoms with Crippen molar-refractivity contribution >= 4 is 14.7 Å². The van der Waals surface area contributed by atoms with Gasteiger partial charge in [-0.15, -0.1) is 0 Å². The number of unbranched alkanes of at least 4 members (excludes halogenated alkanes) is 1. The Hall–Kier alpha value is -0.433. The van der Waals surface area contributed by atoms with Crippen LogP contribution < -0.4 is 5.32 Å². The minimum atomic E-state index is -2.47. The number of amides is 1. The molecule has 0 rings (SSSR count). The number of rotatable bonds is 10. The lowest BCUT2D eigenvalue weighted by atomic mass is 10.2. The topological polar surface area (TPSA) is 56.8 Å². The van der Waals surface area contributed by atoms with Gasteiger partial charge in [0, 0.05) is 40.3 Å². The number of carbonyl (C=O) groups excluding carboxylic acids is 1. The molecule has 0 aromatic heterocycles. The van der Waals surface area contributed by atoms with Gasteiger partial charge in [0.2, 0.25) is 5.91 Å². The highest BCUT2D eigenvalue weighted by Crippen LogP contribution is 2.14. The highest BCUT2D eigenvalue weighted by atomic mass is 28.4. The standard InChI is InChI=1S/C11H25NO4Si/c1-5-6-8-11(13)12-9-7-10-17(14-2,15-3)16-4/h5-10H2,1-4H3,(H,12,13). The van der Waals surface area contributed by atoms with Crippen LogP contribution in [0, 0.1) is 0 Å². The monoisotopic (exact) mass is 263 g/mol. The first-order valence-electron chi connectivity index (χ1n) is 6.06. The van der Waals surface area contributed by atoms with Gasteiger partial charge >= 0.3 is 8.80 Å². The Labute approximate surface area is 105 Å². The summed E-state index contributed by atoms with van der Waals surface area (Å²) in [5.74, 6) is 0.117. The fourth-order valence-corrected chi connectivity index (χ4v) is 3.24. The van der Waals surface area contributed by atoms with Gasteiger partial charge in [-0.1, -0.05) is 13.3 Å². The van der Waals surface area contributed by atoms with Crippen LogP contribution >= 0.6 is 0 Å². The fraction of sp³-hybridized carbons (Fsp3) is 0.909. The van der Waals surface area contributed by atoms with E-state index in [9.17, 15) is 4.79 Å². The third-order valence-corrected chi connectivity index (χ3v) is 5.50. The molecule has 1 N–H and O–H groups in total. The summed E-state index contributed by atoms with van der Waals surface area (Å²) >= 11 is 0. The first kappa shape index (κ1) is 16.6. The quantitative estimate of drug-likeness (QED) is 0.480. The van der Waals surface area contributed by atoms with Gasteiger partial charge in [-0.05, 0) is 12.8 Å². The van der Waals surface area contributed by atoms with Gasteiger partial charge in [0.1, 0.15) is 0 Å². The molecule has 0 unspecified atom stereocenters. The summed E-state index contributed by atoms with van der Waals surface area (Å²) in [6.45, 7) is 2.72. The average Bonchev–Trinajstić information content (AvgIpc) is 2.37. The SMILES string of the molecule is CCCCC(=O)NCCC[Si](OC)(OC)OC. The van der Waals surface area contributed by atoms with Gasteiger partial charge in [0.15, 0.2) is 0 Å². The third-order valence-electron chi connectivity index (χ3n) is 2.67. The lowest BCUT2D eigenvalue weighted by Gasteiger charge is -2.24. The maximum atomic E-state index is 11.3. The largest absolute Gasteiger partial charge is 0.500 e. The zero-order chi connectivity index (χ0) is 13.1. The molecule has 17 heavy (non-hydrogen) atoms. The van der Waals surface area contributed by atoms with E-state index in [1.807, 2.05) is 0 Å². The second-order valence-corrected chi connectivity index (χ2v) is 6.94. The minimum absolute atomic E-state index is 0.117. The normalized spacial score (nSPS) is 11.5. The molecule has 1 amide bonds. The van der Waals surface area contributed by atoms with E-state index >= 15 is 0 Å². The van der Waals surface area contributed by atoms with Crippen molar-refractivity contribution < 1.29 is 18.1 Å². The van der Waals surface area contributed by atoms with Gasteiger partial charge in [-0.3, -0.25) is 4.79 Å². The van der Waals surface area contributed by atoms with E-state index in [-0.39, 0.29) is 5.91 Å². The van der Waals surface area contributed by atoms with Gasteiger partial charge in [-0.2, -0.15) is 0 Å². The van der Waals surface area contributed by atoms with E-state index < -0.39 is 8.80 Å². The number of hydrogen-bond acceptors (Lipinski definition) is 4. The summed E-state index contributed by atoms with van der Waals surface area (Å²) in [7, 11) is 2.32. The maximum absolute atomic E-state index is 11.3. The van der Waals surface area contributed by atoms with Crippen LogP contribution in [0.5, 0.6) is 0 Å². The average molecular weight is 263 g/mol. The van der Waals surface area contributed by atoms with Crippen LogP contribution in [0.4, 0.5) is 0 Å². The Kier molecular flexibility index (Phi) is 9.34. The summed E-state index contributed by atoms with van der Waals surface area (Å²) < 4.78 is 15.9. The molecule has 0 spiro atoms. The van der Waals surface area contributed by atoms with Crippen LogP contribution in [0.2, 0.25) is 6.04 Å². The molecule has 102 valence electrons. The molecule has 0 fully saturated rings. The maximum Gasteiger partial charge on any atom is 0.500 e. The summed E-state index contributed by atoms with van der Waals surface area (Å²) in [5, 5.41) is 2.88. The Morgan fingerprint density at radius 1 is 1.12 bits per heavy atom. The van der Waals surface area contributed by atoms with Crippen molar-refractivity contribution in [3.63, 3.8) is 0 Å². The summed E-state index contributed by atoms with van der Waals surface area (Å²) in [6, 6.07) is 0.713. The van der Waals surface area contributed by atoms with Crippen LogP contribution in [0.25, 0.3) is 0 Å². The molecule has 0 saturated carbocycles. The summed E-state index contributed by atoms with van der Waals surface area (Å²) in [5.41, 5.74) is 0. The van der Waals surface area contributed by atoms with Crippen molar-refractivity contribution in [1.82, 2.24) is 5.32 Å². The smallest absolute Gasteiger partial charge is 0.377 e. The molecule has 0 aromatic carbocycles. The van der Waals surface area contributed by atoms with Crippen molar-refractivity contribution in [2.24, 2.45) is 0 Å². The third kappa shape index (κ3) is 6.77. The minimum Gasteiger partial charge on any atom is -0.377 e. The number of nitrogens with one attached hydrogen (secondary N) is 1. The molecular formula is C11H25NO4Si. The molecule has 0 atom stereocenters. The van der Waals surface area contributed by atoms with E-state index in [0.29, 0.717) is 19.0 Å². The first-order chi connectivity index (χ1) is 8.14. The zero-order valence-corrected chi connectivity index (χ0v) is 12.4. The van der Waals surface area contributed by atoms with Crippen molar-refractivity contribution in [2.45, 2.75) is 38.7 Å². The molecule has 5 nitrogen and oxygen atoms in total. The van der Waals surface area contributed by atoms with Crippen molar-refractivity contribution in [1.29, 1.82) is 0 Å². The zero-order valence-electron chi connectivity index (χ0n) is 11.4. The first-order valence-corrected chi connectivity index (χ1v) is 7.99. The van der Waals surface area contributed by atoms with Crippen LogP contribution in [0.1, 0.15) is 32.6 Å². The molecule has 0 radical (unpaired) electrons. The van der Waals surface area contributed by atoms with E-state index in [1.165, 1.54) is 0 Å². The summed E-state index contributed by atoms with van der Waals surface area (Å²) in [6.07, 6.45) is 3.40. The van der Waals surface area contributed by atoms with E-state index in [0.717, 1.165) is 19.3 Å². The second-order valence-electron chi connectivity index (χ2n) is 3.85. The highest BCUT2D eigenvalue weighted by molar-refractivity contribution is 6.60. The van der Waals surface area contributed by atoms with E-state index in [2.05, 4.69) is 12.2 Å². The summed E-state index contributed by atoms with van der Waals surface area (Å²) in [4.78, 5) is 11.3. The van der Waals surface area contributed by atoms with Gasteiger partial charge in [-0.25, -0.2) is 0 Å². The van der Waals surface area contributed by atoms with Gasteiger partial charge < -0.3 is 18.6 Å². The predicted molar refractivity (Wildman–Crippen MR) is 68.7 cm³/mol. The van der Waals surface area contributed by atoms with E-state index in [4.69, 9.17) is 13.3 Å². The molecule has 0 bridgehead atoms. The highest BCUT2D eigenvalue weighted by Gasteiger charge is 2.36. The van der Waals surface area contributed by atoms with Crippen molar-refractivity contribution in [2.75, 3.05) is 27.9 Å². The van der Waals surface area contributed by atoms with Crippen LogP contribution in [0.3, 0.4) is 0 Å². The Morgan fingerprint density at radius 3 is 2.18 bits per heavy atom. The molecular weight excluding hydrogens is 238 g/mol. The molecule has 0 saturated heterocycles. The van der Waals surface area contributed by atoms with Crippen molar-refractivity contribution in [3.8, 4) is 0 Å². The van der Waals surface area contributed by atoms with Crippen LogP contribution in [-0.4, -0.2) is 42.6 Å². The second kappa shape index (κ2) is 9.58. The molecule has 0 aromatic rings. The van der Waals surface area contributed by atoms with E-state index in [1.54, 1.807) is 21.3 Å². The molecule has 0 aliphatic rings. The molecule has 0 aliphatic heterocycles. The van der Waals surface area contributed by atoms with Crippen LogP contribution in [-0.2, 0) is 18.1 Å². The lowest BCUT2D eigenvalue weighted by molar-refractivity contribution is -0.121. The Balaban J connectivity index is 3.71. The number of hydrogen-bond donors (Lipinski definition) is 1. The predicted octanol–water partition coefficient (Wildman–Crippen LogP) is 1.56. The lowest BCUT2D eigenvalue weighted by Crippen LogP contribution is -2.43.